The average Bonchev–Trinajstić information content (AvgIpc) is 2.74. The Morgan fingerprint density at radius 1 is 1.15 bits per heavy atom. The summed E-state index contributed by atoms with van der Waals surface area (Å²) in [6.45, 7) is 1.72. The van der Waals surface area contributed by atoms with Crippen LogP contribution in [0.3, 0.4) is 0 Å². The van der Waals surface area contributed by atoms with Crippen molar-refractivity contribution in [2.24, 2.45) is 5.92 Å². The lowest BCUT2D eigenvalue weighted by Crippen LogP contribution is -2.33. The molecule has 0 bridgehead atoms. The van der Waals surface area contributed by atoms with Crippen molar-refractivity contribution in [2.45, 2.75) is 19.4 Å². The van der Waals surface area contributed by atoms with Crippen LogP contribution in [-0.2, 0) is 6.61 Å². The smallest absolute Gasteiger partial charge is 0.136 e. The molecule has 0 saturated carbocycles. The van der Waals surface area contributed by atoms with Crippen molar-refractivity contribution >= 4 is 28.1 Å². The second kappa shape index (κ2) is 7.60. The molecule has 6 nitrogen and oxygen atoms in total. The maximum Gasteiger partial charge on any atom is 0.136 e. The van der Waals surface area contributed by atoms with Gasteiger partial charge in [0.1, 0.15) is 11.6 Å². The van der Waals surface area contributed by atoms with E-state index in [1.165, 1.54) is 0 Å². The maximum absolute atomic E-state index is 9.16. The van der Waals surface area contributed by atoms with Crippen molar-refractivity contribution in [3.05, 3.63) is 54.4 Å². The summed E-state index contributed by atoms with van der Waals surface area (Å²) in [5, 5.41) is 23.7. The zero-order chi connectivity index (χ0) is 18.6. The Balaban J connectivity index is 1.61. The molecule has 1 aliphatic heterocycles. The van der Waals surface area contributed by atoms with Crippen molar-refractivity contribution < 1.29 is 5.11 Å². The first-order chi connectivity index (χ1) is 13.3. The van der Waals surface area contributed by atoms with Gasteiger partial charge in [-0.25, -0.2) is 9.97 Å². The van der Waals surface area contributed by atoms with Gasteiger partial charge in [-0.05, 0) is 42.7 Å². The molecule has 0 amide bonds. The fourth-order valence-electron chi connectivity index (χ4n) is 3.43. The van der Waals surface area contributed by atoms with Gasteiger partial charge in [0.2, 0.25) is 0 Å². The fraction of sp³-hybridized carbons (Fsp3) is 0.286. The summed E-state index contributed by atoms with van der Waals surface area (Å²) in [7, 11) is 0. The van der Waals surface area contributed by atoms with Crippen LogP contribution in [-0.4, -0.2) is 28.2 Å². The van der Waals surface area contributed by atoms with E-state index in [4.69, 9.17) is 10.4 Å². The highest BCUT2D eigenvalue weighted by molar-refractivity contribution is 5.93. The van der Waals surface area contributed by atoms with Gasteiger partial charge in [0.25, 0.3) is 0 Å². The standard InChI is InChI=1S/C21H21N5O/c22-12-15-6-9-26(10-7-15)21-19-11-20(24-13-17(19)5-8-23-21)25-18-3-1-16(14-27)2-4-18/h1-5,8,11,13,15,27H,6-7,9-10,14H2,(H,24,25). The van der Waals surface area contributed by atoms with Crippen molar-refractivity contribution in [1.29, 1.82) is 5.26 Å². The van der Waals surface area contributed by atoms with Gasteiger partial charge in [-0.1, -0.05) is 12.1 Å². The predicted octanol–water partition coefficient (Wildman–Crippen LogP) is 3.61. The molecule has 0 atom stereocenters. The molecule has 3 heterocycles. The van der Waals surface area contributed by atoms with Crippen LogP contribution in [0, 0.1) is 17.2 Å². The number of benzene rings is 1. The van der Waals surface area contributed by atoms with E-state index in [1.54, 1.807) is 0 Å². The predicted molar refractivity (Wildman–Crippen MR) is 106 cm³/mol. The number of aromatic nitrogens is 2. The number of nitriles is 1. The van der Waals surface area contributed by atoms with E-state index in [1.807, 2.05) is 48.8 Å². The Kier molecular flexibility index (Phi) is 4.86. The number of piperidine rings is 1. The third-order valence-corrected chi connectivity index (χ3v) is 5.01. The Bertz CT molecular complexity index is 972. The number of nitrogens with one attached hydrogen (secondary N) is 1. The molecule has 2 aromatic heterocycles. The first kappa shape index (κ1) is 17.3. The quantitative estimate of drug-likeness (QED) is 0.740. The summed E-state index contributed by atoms with van der Waals surface area (Å²) >= 11 is 0. The van der Waals surface area contributed by atoms with Gasteiger partial charge < -0.3 is 15.3 Å². The molecular formula is C21H21N5O. The molecule has 136 valence electrons. The van der Waals surface area contributed by atoms with Crippen LogP contribution in [0.25, 0.3) is 10.8 Å². The van der Waals surface area contributed by atoms with Gasteiger partial charge >= 0.3 is 0 Å². The van der Waals surface area contributed by atoms with Gasteiger partial charge in [0.15, 0.2) is 0 Å². The van der Waals surface area contributed by atoms with Crippen molar-refractivity contribution in [3.63, 3.8) is 0 Å². The summed E-state index contributed by atoms with van der Waals surface area (Å²) in [5.74, 6) is 1.85. The lowest BCUT2D eigenvalue weighted by Gasteiger charge is -2.30. The lowest BCUT2D eigenvalue weighted by atomic mass is 9.98. The Labute approximate surface area is 158 Å². The van der Waals surface area contributed by atoms with Crippen LogP contribution >= 0.6 is 0 Å². The minimum atomic E-state index is 0.0338. The molecule has 6 heteroatoms. The summed E-state index contributed by atoms with van der Waals surface area (Å²) in [6, 6.07) is 14.0. The van der Waals surface area contributed by atoms with Crippen LogP contribution in [0.5, 0.6) is 0 Å². The van der Waals surface area contributed by atoms with E-state index < -0.39 is 0 Å². The van der Waals surface area contributed by atoms with E-state index >= 15 is 0 Å². The van der Waals surface area contributed by atoms with E-state index in [0.29, 0.717) is 0 Å². The largest absolute Gasteiger partial charge is 0.392 e. The number of rotatable bonds is 4. The van der Waals surface area contributed by atoms with Crippen LogP contribution in [0.2, 0.25) is 0 Å². The number of aliphatic hydroxyl groups is 1. The van der Waals surface area contributed by atoms with Gasteiger partial charge in [-0.3, -0.25) is 0 Å². The van der Waals surface area contributed by atoms with Crippen molar-refractivity contribution in [3.8, 4) is 6.07 Å². The zero-order valence-electron chi connectivity index (χ0n) is 15.0. The number of nitrogens with zero attached hydrogens (tertiary/aromatic N) is 4. The van der Waals surface area contributed by atoms with Crippen LogP contribution in [0.15, 0.2) is 48.8 Å². The molecule has 0 radical (unpaired) electrons. The van der Waals surface area contributed by atoms with Gasteiger partial charge in [-0.15, -0.1) is 0 Å². The van der Waals surface area contributed by atoms with Gasteiger partial charge in [-0.2, -0.15) is 5.26 Å². The molecule has 0 spiro atoms. The topological polar surface area (TPSA) is 85.1 Å². The van der Waals surface area contributed by atoms with E-state index in [0.717, 1.165) is 59.6 Å². The molecule has 1 saturated heterocycles. The van der Waals surface area contributed by atoms with Crippen molar-refractivity contribution in [1.82, 2.24) is 9.97 Å². The first-order valence-electron chi connectivity index (χ1n) is 9.13. The highest BCUT2D eigenvalue weighted by Crippen LogP contribution is 2.30. The van der Waals surface area contributed by atoms with Gasteiger partial charge in [0, 0.05) is 47.9 Å². The highest BCUT2D eigenvalue weighted by atomic mass is 16.3. The number of hydrogen-bond acceptors (Lipinski definition) is 6. The third-order valence-electron chi connectivity index (χ3n) is 5.01. The molecule has 0 unspecified atom stereocenters. The minimum Gasteiger partial charge on any atom is -0.392 e. The number of fused-ring (bicyclic) bond motifs is 1. The van der Waals surface area contributed by atoms with E-state index in [9.17, 15) is 0 Å². The number of hydrogen-bond donors (Lipinski definition) is 2. The third kappa shape index (κ3) is 3.69. The number of aliphatic hydroxyl groups excluding tert-OH is 1. The first-order valence-corrected chi connectivity index (χ1v) is 9.13. The molecule has 4 rings (SSSR count). The lowest BCUT2D eigenvalue weighted by molar-refractivity contribution is 0.282. The van der Waals surface area contributed by atoms with Crippen LogP contribution < -0.4 is 10.2 Å². The Morgan fingerprint density at radius 3 is 2.63 bits per heavy atom. The fourth-order valence-corrected chi connectivity index (χ4v) is 3.43. The summed E-state index contributed by atoms with van der Waals surface area (Å²) < 4.78 is 0. The zero-order valence-corrected chi connectivity index (χ0v) is 15.0. The molecular weight excluding hydrogens is 338 g/mol. The second-order valence-electron chi connectivity index (χ2n) is 6.80. The molecule has 0 aliphatic carbocycles. The summed E-state index contributed by atoms with van der Waals surface area (Å²) in [4.78, 5) is 11.4. The SMILES string of the molecule is N#CC1CCN(c2nccc3cnc(Nc4ccc(CO)cc4)cc23)CC1. The van der Waals surface area contributed by atoms with Gasteiger partial charge in [0.05, 0.1) is 12.7 Å². The molecule has 1 aliphatic rings. The average molecular weight is 359 g/mol. The minimum absolute atomic E-state index is 0.0338. The van der Waals surface area contributed by atoms with Crippen LogP contribution in [0.1, 0.15) is 18.4 Å². The van der Waals surface area contributed by atoms with E-state index in [-0.39, 0.29) is 12.5 Å². The molecule has 2 N–H and O–H groups in total. The van der Waals surface area contributed by atoms with E-state index in [2.05, 4.69) is 26.3 Å². The summed E-state index contributed by atoms with van der Waals surface area (Å²) in [6.07, 6.45) is 5.42. The number of pyridine rings is 2. The Hall–Kier alpha value is -3.17. The second-order valence-corrected chi connectivity index (χ2v) is 6.80. The maximum atomic E-state index is 9.16. The highest BCUT2D eigenvalue weighted by Gasteiger charge is 2.21. The monoisotopic (exact) mass is 359 g/mol. The summed E-state index contributed by atoms with van der Waals surface area (Å²) in [5.41, 5.74) is 1.79. The molecule has 1 fully saturated rings. The normalized spacial score (nSPS) is 14.9. The molecule has 3 aromatic rings. The van der Waals surface area contributed by atoms with Crippen LogP contribution in [0.4, 0.5) is 17.3 Å². The molecule has 27 heavy (non-hydrogen) atoms. The number of anilines is 3. The molecule has 1 aromatic carbocycles. The Morgan fingerprint density at radius 2 is 1.93 bits per heavy atom. The van der Waals surface area contributed by atoms with Crippen molar-refractivity contribution in [2.75, 3.05) is 23.3 Å².